The van der Waals surface area contributed by atoms with Crippen molar-refractivity contribution in [3.63, 3.8) is 0 Å². The van der Waals surface area contributed by atoms with Crippen molar-refractivity contribution in [3.8, 4) is 0 Å². The summed E-state index contributed by atoms with van der Waals surface area (Å²) in [6, 6.07) is 0. The van der Waals surface area contributed by atoms with Crippen molar-refractivity contribution in [1.82, 2.24) is 0 Å². The molecule has 1 atom stereocenters. The number of unbranched alkanes of at least 4 members (excludes halogenated alkanes) is 11. The molecule has 0 rings (SSSR count). The molecule has 0 heterocycles. The van der Waals surface area contributed by atoms with E-state index in [2.05, 4.69) is 13.8 Å². The molecule has 0 spiro atoms. The van der Waals surface area contributed by atoms with E-state index in [1.54, 1.807) is 0 Å². The largest absolute Gasteiger partial charge is 1.00 e. The maximum Gasteiger partial charge on any atom is 1.00 e. The van der Waals surface area contributed by atoms with Gasteiger partial charge in [-0.2, -0.15) is 8.42 Å². The van der Waals surface area contributed by atoms with Crippen LogP contribution in [0.1, 0.15) is 112 Å². The molecule has 0 radical (unpaired) electrons. The number of rotatable bonds is 17. The average Bonchev–Trinajstić information content (AvgIpc) is 2.48. The molecule has 0 aromatic heterocycles. The second-order valence-electron chi connectivity index (χ2n) is 6.61. The quantitative estimate of drug-likeness (QED) is 0.241. The van der Waals surface area contributed by atoms with Crippen LogP contribution in [0.3, 0.4) is 0 Å². The Morgan fingerprint density at radius 1 is 0.750 bits per heavy atom. The van der Waals surface area contributed by atoms with E-state index in [1.807, 2.05) is 0 Å². The van der Waals surface area contributed by atoms with Crippen molar-refractivity contribution < 1.29 is 48.1 Å². The van der Waals surface area contributed by atoms with E-state index in [1.165, 1.54) is 57.8 Å². The fourth-order valence-corrected chi connectivity index (χ4v) is 3.43. The Labute approximate surface area is 174 Å². The maximum atomic E-state index is 11.0. The molecule has 24 heavy (non-hydrogen) atoms. The zero-order chi connectivity index (χ0) is 17.4. The van der Waals surface area contributed by atoms with Crippen LogP contribution >= 0.6 is 0 Å². The molecule has 6 heteroatoms. The average molecular weight is 375 g/mol. The minimum atomic E-state index is -4.33. The number of hydrogen-bond acceptors (Lipinski definition) is 3. The van der Waals surface area contributed by atoms with Crippen molar-refractivity contribution >= 4 is 10.4 Å². The van der Waals surface area contributed by atoms with Crippen molar-refractivity contribution in [2.45, 2.75) is 116 Å². The fraction of sp³-hybridized carbons (Fsp3) is 1.00. The SMILES string of the molecule is CCCCCCCCCC(CCCCCCCC)OS(=O)(=O)O.[H-].[Na+]. The first-order valence-electron chi connectivity index (χ1n) is 9.65. The van der Waals surface area contributed by atoms with Gasteiger partial charge in [0.1, 0.15) is 0 Å². The minimum absolute atomic E-state index is 0. The summed E-state index contributed by atoms with van der Waals surface area (Å²) >= 11 is 0. The summed E-state index contributed by atoms with van der Waals surface area (Å²) in [5.74, 6) is 0. The summed E-state index contributed by atoms with van der Waals surface area (Å²) in [5.41, 5.74) is 0. The molecule has 0 amide bonds. The zero-order valence-electron chi connectivity index (χ0n) is 17.3. The molecule has 0 aromatic carbocycles. The Morgan fingerprint density at radius 2 is 1.08 bits per heavy atom. The van der Waals surface area contributed by atoms with Gasteiger partial charge in [0.25, 0.3) is 0 Å². The van der Waals surface area contributed by atoms with Gasteiger partial charge in [-0.3, -0.25) is 4.55 Å². The summed E-state index contributed by atoms with van der Waals surface area (Å²) in [7, 11) is -4.33. The Bertz CT molecular complexity index is 353. The standard InChI is InChI=1S/C18H38O4S.Na.H/c1-3-5-7-9-11-13-15-17-18(22-23(19,20)21)16-14-12-10-8-6-4-2;;/h18H,3-17H2,1-2H3,(H,19,20,21);;/q;+1;-1. The first-order chi connectivity index (χ1) is 11.0. The van der Waals surface area contributed by atoms with Crippen molar-refractivity contribution in [1.29, 1.82) is 0 Å². The molecule has 1 N–H and O–H groups in total. The molecular weight excluding hydrogens is 335 g/mol. The van der Waals surface area contributed by atoms with Crippen LogP contribution in [0.25, 0.3) is 0 Å². The number of hydrogen-bond donors (Lipinski definition) is 1. The molecule has 0 aromatic rings. The third-order valence-electron chi connectivity index (χ3n) is 4.27. The molecule has 142 valence electrons. The fourth-order valence-electron chi connectivity index (χ4n) is 2.89. The summed E-state index contributed by atoms with van der Waals surface area (Å²) < 4.78 is 35.7. The monoisotopic (exact) mass is 374 g/mol. The van der Waals surface area contributed by atoms with Crippen LogP contribution in [0.2, 0.25) is 0 Å². The van der Waals surface area contributed by atoms with E-state index in [4.69, 9.17) is 8.74 Å². The predicted molar refractivity (Wildman–Crippen MR) is 98.1 cm³/mol. The molecule has 0 bridgehead atoms. The van der Waals surface area contributed by atoms with Gasteiger partial charge in [0.2, 0.25) is 0 Å². The molecule has 0 aliphatic carbocycles. The maximum absolute atomic E-state index is 11.0. The second-order valence-corrected chi connectivity index (χ2v) is 7.66. The van der Waals surface area contributed by atoms with Crippen LogP contribution in [0.5, 0.6) is 0 Å². The van der Waals surface area contributed by atoms with E-state index in [0.717, 1.165) is 38.5 Å². The Balaban J connectivity index is -0.00000242. The topological polar surface area (TPSA) is 63.6 Å². The predicted octanol–water partition coefficient (Wildman–Crippen LogP) is 3.18. The first-order valence-corrected chi connectivity index (χ1v) is 11.0. The van der Waals surface area contributed by atoms with Crippen LogP contribution in [-0.4, -0.2) is 19.1 Å². The third-order valence-corrected chi connectivity index (χ3v) is 4.78. The van der Waals surface area contributed by atoms with Crippen LogP contribution in [-0.2, 0) is 14.6 Å². The second kappa shape index (κ2) is 18.7. The van der Waals surface area contributed by atoms with Gasteiger partial charge in [-0.25, -0.2) is 4.18 Å². The molecule has 0 saturated carbocycles. The molecule has 0 aliphatic heterocycles. The Kier molecular flexibility index (Phi) is 21.1. The van der Waals surface area contributed by atoms with E-state index >= 15 is 0 Å². The van der Waals surface area contributed by atoms with Crippen molar-refractivity contribution in [3.05, 3.63) is 0 Å². The van der Waals surface area contributed by atoms with Gasteiger partial charge in [0, 0.05) is 0 Å². The van der Waals surface area contributed by atoms with Gasteiger partial charge in [0.05, 0.1) is 6.10 Å². The Hall–Kier alpha value is 0.870. The van der Waals surface area contributed by atoms with Crippen molar-refractivity contribution in [2.75, 3.05) is 0 Å². The molecule has 0 fully saturated rings. The third kappa shape index (κ3) is 20.9. The van der Waals surface area contributed by atoms with Crippen LogP contribution < -0.4 is 29.6 Å². The molecule has 0 aliphatic rings. The van der Waals surface area contributed by atoms with Gasteiger partial charge in [-0.05, 0) is 12.8 Å². The summed E-state index contributed by atoms with van der Waals surface area (Å²) in [6.07, 6.45) is 16.5. The minimum Gasteiger partial charge on any atom is -1.00 e. The van der Waals surface area contributed by atoms with Crippen LogP contribution in [0, 0.1) is 0 Å². The van der Waals surface area contributed by atoms with Gasteiger partial charge in [-0.15, -0.1) is 0 Å². The van der Waals surface area contributed by atoms with Gasteiger partial charge in [-0.1, -0.05) is 97.3 Å². The summed E-state index contributed by atoms with van der Waals surface area (Å²) in [4.78, 5) is 0. The molecule has 0 saturated heterocycles. The van der Waals surface area contributed by atoms with E-state index < -0.39 is 10.4 Å². The van der Waals surface area contributed by atoms with Crippen LogP contribution in [0.15, 0.2) is 0 Å². The van der Waals surface area contributed by atoms with Gasteiger partial charge in [0.15, 0.2) is 0 Å². The summed E-state index contributed by atoms with van der Waals surface area (Å²) in [5, 5.41) is 0. The van der Waals surface area contributed by atoms with E-state index in [0.29, 0.717) is 0 Å². The molecular formula is C18H39NaO4S. The van der Waals surface area contributed by atoms with Gasteiger partial charge >= 0.3 is 40.0 Å². The normalized spacial score (nSPS) is 12.8. The molecule has 4 nitrogen and oxygen atoms in total. The zero-order valence-corrected chi connectivity index (χ0v) is 19.1. The Morgan fingerprint density at radius 3 is 1.42 bits per heavy atom. The summed E-state index contributed by atoms with van der Waals surface area (Å²) in [6.45, 7) is 4.40. The van der Waals surface area contributed by atoms with Crippen LogP contribution in [0.4, 0.5) is 0 Å². The van der Waals surface area contributed by atoms with Crippen molar-refractivity contribution in [2.24, 2.45) is 0 Å². The van der Waals surface area contributed by atoms with E-state index in [-0.39, 0.29) is 37.1 Å². The van der Waals surface area contributed by atoms with Gasteiger partial charge < -0.3 is 1.43 Å². The van der Waals surface area contributed by atoms with E-state index in [9.17, 15) is 8.42 Å². The molecule has 1 unspecified atom stereocenters. The first kappa shape index (κ1) is 27.1. The smallest absolute Gasteiger partial charge is 1.00 e.